The molecule has 0 aliphatic carbocycles. The molecule has 5 nitrogen and oxygen atoms in total. The second-order valence-corrected chi connectivity index (χ2v) is 3.19. The quantitative estimate of drug-likeness (QED) is 0.728. The topological polar surface area (TPSA) is 68.0 Å². The zero-order valence-electron chi connectivity index (χ0n) is 8.48. The lowest BCUT2D eigenvalue weighted by molar-refractivity contribution is -0.131. The number of carbonyl (C=O) groups is 1. The molecule has 0 atom stereocenters. The largest absolute Gasteiger partial charge is 0.478 e. The number of carboxylic acid groups (broad SMARTS) is 1. The van der Waals surface area contributed by atoms with Crippen molar-refractivity contribution in [3.8, 4) is 0 Å². The van der Waals surface area contributed by atoms with Gasteiger partial charge >= 0.3 is 5.97 Å². The van der Waals surface area contributed by atoms with Crippen LogP contribution >= 0.6 is 0 Å². The summed E-state index contributed by atoms with van der Waals surface area (Å²) in [5.41, 5.74) is 0.741. The van der Waals surface area contributed by atoms with E-state index in [9.17, 15) is 4.79 Å². The number of hydrogen-bond acceptors (Lipinski definition) is 3. The average molecular weight is 195 g/mol. The van der Waals surface area contributed by atoms with E-state index in [0.29, 0.717) is 12.4 Å². The standard InChI is InChI=1S/C9H13N3O2/c1-6(4-9(13)14)5-12-8(3)10-7(2)11-12/h4H,5H2,1-3H3,(H,13,14)/b6-4+. The average Bonchev–Trinajstić information content (AvgIpc) is 2.28. The van der Waals surface area contributed by atoms with E-state index in [2.05, 4.69) is 10.1 Å². The number of carboxylic acids is 1. The normalized spacial score (nSPS) is 11.8. The first-order valence-corrected chi connectivity index (χ1v) is 4.27. The van der Waals surface area contributed by atoms with Crippen molar-refractivity contribution >= 4 is 5.97 Å². The van der Waals surface area contributed by atoms with E-state index in [4.69, 9.17) is 5.11 Å². The molecular formula is C9H13N3O2. The van der Waals surface area contributed by atoms with Gasteiger partial charge in [-0.25, -0.2) is 14.5 Å². The van der Waals surface area contributed by atoms with Crippen molar-refractivity contribution in [1.82, 2.24) is 14.8 Å². The van der Waals surface area contributed by atoms with E-state index in [1.165, 1.54) is 6.08 Å². The third-order valence-corrected chi connectivity index (χ3v) is 1.73. The molecule has 0 saturated heterocycles. The fourth-order valence-electron chi connectivity index (χ4n) is 1.20. The molecule has 0 bridgehead atoms. The first-order chi connectivity index (χ1) is 6.49. The highest BCUT2D eigenvalue weighted by molar-refractivity contribution is 5.80. The summed E-state index contributed by atoms with van der Waals surface area (Å²) in [4.78, 5) is 14.5. The fraction of sp³-hybridized carbons (Fsp3) is 0.444. The third-order valence-electron chi connectivity index (χ3n) is 1.73. The molecule has 1 rings (SSSR count). The number of nitrogens with zero attached hydrogens (tertiary/aromatic N) is 3. The zero-order chi connectivity index (χ0) is 10.7. The van der Waals surface area contributed by atoms with Crippen molar-refractivity contribution in [2.75, 3.05) is 0 Å². The van der Waals surface area contributed by atoms with Gasteiger partial charge in [0.25, 0.3) is 0 Å². The maximum atomic E-state index is 10.4. The summed E-state index contributed by atoms with van der Waals surface area (Å²) in [6, 6.07) is 0. The highest BCUT2D eigenvalue weighted by Gasteiger charge is 2.03. The lowest BCUT2D eigenvalue weighted by Crippen LogP contribution is -2.05. The van der Waals surface area contributed by atoms with Crippen molar-refractivity contribution in [3.63, 3.8) is 0 Å². The Morgan fingerprint density at radius 1 is 1.57 bits per heavy atom. The number of rotatable bonds is 3. The van der Waals surface area contributed by atoms with Crippen molar-refractivity contribution in [2.45, 2.75) is 27.3 Å². The van der Waals surface area contributed by atoms with Crippen molar-refractivity contribution in [2.24, 2.45) is 0 Å². The molecule has 0 saturated carbocycles. The monoisotopic (exact) mass is 195 g/mol. The minimum atomic E-state index is -0.933. The second-order valence-electron chi connectivity index (χ2n) is 3.19. The summed E-state index contributed by atoms with van der Waals surface area (Å²) in [6.45, 7) is 5.87. The van der Waals surface area contributed by atoms with Crippen molar-refractivity contribution in [3.05, 3.63) is 23.3 Å². The number of hydrogen-bond donors (Lipinski definition) is 1. The molecule has 0 aliphatic heterocycles. The molecule has 1 heterocycles. The lowest BCUT2D eigenvalue weighted by Gasteiger charge is -2.01. The summed E-state index contributed by atoms with van der Waals surface area (Å²) < 4.78 is 1.68. The van der Waals surface area contributed by atoms with Gasteiger partial charge in [0.15, 0.2) is 0 Å². The first-order valence-electron chi connectivity index (χ1n) is 4.27. The van der Waals surface area contributed by atoms with Gasteiger partial charge in [-0.2, -0.15) is 5.10 Å². The molecule has 5 heteroatoms. The van der Waals surface area contributed by atoms with Gasteiger partial charge in [0, 0.05) is 6.08 Å². The Bertz CT molecular complexity index is 379. The van der Waals surface area contributed by atoms with E-state index in [1.54, 1.807) is 18.5 Å². The fourth-order valence-corrected chi connectivity index (χ4v) is 1.20. The van der Waals surface area contributed by atoms with Crippen LogP contribution in [0.3, 0.4) is 0 Å². The summed E-state index contributed by atoms with van der Waals surface area (Å²) >= 11 is 0. The second kappa shape index (κ2) is 4.04. The molecule has 1 aromatic heterocycles. The van der Waals surface area contributed by atoms with E-state index in [-0.39, 0.29) is 0 Å². The minimum absolute atomic E-state index is 0.471. The Hall–Kier alpha value is -1.65. The Balaban J connectivity index is 2.79. The van der Waals surface area contributed by atoms with Crippen LogP contribution in [0.25, 0.3) is 0 Å². The maximum absolute atomic E-state index is 10.4. The smallest absolute Gasteiger partial charge is 0.328 e. The Morgan fingerprint density at radius 2 is 2.21 bits per heavy atom. The van der Waals surface area contributed by atoms with Crippen LogP contribution in [0.1, 0.15) is 18.6 Å². The van der Waals surface area contributed by atoms with Crippen LogP contribution in [0.4, 0.5) is 0 Å². The molecule has 14 heavy (non-hydrogen) atoms. The summed E-state index contributed by atoms with van der Waals surface area (Å²) in [5.74, 6) is 0.559. The molecule has 0 spiro atoms. The van der Waals surface area contributed by atoms with Gasteiger partial charge in [-0.15, -0.1) is 0 Å². The molecule has 0 fully saturated rings. The number of aryl methyl sites for hydroxylation is 2. The summed E-state index contributed by atoms with van der Waals surface area (Å²) in [5, 5.41) is 12.6. The molecule has 0 radical (unpaired) electrons. The number of aliphatic carboxylic acids is 1. The van der Waals surface area contributed by atoms with E-state index in [1.807, 2.05) is 6.92 Å². The van der Waals surface area contributed by atoms with Crippen LogP contribution in [-0.2, 0) is 11.3 Å². The summed E-state index contributed by atoms with van der Waals surface area (Å²) in [6.07, 6.45) is 1.18. The van der Waals surface area contributed by atoms with Crippen LogP contribution in [0.2, 0.25) is 0 Å². The van der Waals surface area contributed by atoms with Gasteiger partial charge in [-0.3, -0.25) is 0 Å². The SMILES string of the molecule is C/C(=C\C(=O)O)Cn1nc(C)nc1C. The van der Waals surface area contributed by atoms with Gasteiger partial charge < -0.3 is 5.11 Å². The van der Waals surface area contributed by atoms with E-state index < -0.39 is 5.97 Å². The van der Waals surface area contributed by atoms with Crippen LogP contribution < -0.4 is 0 Å². The van der Waals surface area contributed by atoms with Crippen LogP contribution in [0, 0.1) is 13.8 Å². The third kappa shape index (κ3) is 2.69. The van der Waals surface area contributed by atoms with Crippen molar-refractivity contribution in [1.29, 1.82) is 0 Å². The molecule has 0 amide bonds. The van der Waals surface area contributed by atoms with Gasteiger partial charge in [0.2, 0.25) is 0 Å². The molecule has 1 aromatic rings. The highest BCUT2D eigenvalue weighted by Crippen LogP contribution is 2.01. The number of allylic oxidation sites excluding steroid dienone is 1. The molecule has 0 aliphatic rings. The van der Waals surface area contributed by atoms with Gasteiger partial charge in [0.05, 0.1) is 6.54 Å². The first kappa shape index (κ1) is 10.4. The van der Waals surface area contributed by atoms with Gasteiger partial charge in [-0.05, 0) is 26.3 Å². The Morgan fingerprint density at radius 3 is 2.64 bits per heavy atom. The Kier molecular flexibility index (Phi) is 3.01. The van der Waals surface area contributed by atoms with E-state index >= 15 is 0 Å². The summed E-state index contributed by atoms with van der Waals surface area (Å²) in [7, 11) is 0. The molecule has 76 valence electrons. The predicted octanol–water partition coefficient (Wildman–Crippen LogP) is 0.926. The maximum Gasteiger partial charge on any atom is 0.328 e. The van der Waals surface area contributed by atoms with Crippen LogP contribution in [0.5, 0.6) is 0 Å². The van der Waals surface area contributed by atoms with E-state index in [0.717, 1.165) is 11.4 Å². The van der Waals surface area contributed by atoms with Crippen LogP contribution in [0.15, 0.2) is 11.6 Å². The highest BCUT2D eigenvalue weighted by atomic mass is 16.4. The predicted molar refractivity (Wildman–Crippen MR) is 50.9 cm³/mol. The molecule has 1 N–H and O–H groups in total. The Labute approximate surface area is 82.1 Å². The lowest BCUT2D eigenvalue weighted by atomic mass is 10.3. The zero-order valence-corrected chi connectivity index (χ0v) is 8.48. The number of aromatic nitrogens is 3. The van der Waals surface area contributed by atoms with Gasteiger partial charge in [0.1, 0.15) is 11.6 Å². The van der Waals surface area contributed by atoms with Crippen LogP contribution in [-0.4, -0.2) is 25.8 Å². The molecule has 0 aromatic carbocycles. The van der Waals surface area contributed by atoms with Crippen molar-refractivity contribution < 1.29 is 9.90 Å². The minimum Gasteiger partial charge on any atom is -0.478 e. The molecule has 0 unspecified atom stereocenters. The molecular weight excluding hydrogens is 182 g/mol. The van der Waals surface area contributed by atoms with Gasteiger partial charge in [-0.1, -0.05) is 0 Å².